The smallest absolute Gasteiger partial charge is 0.274 e. The van der Waals surface area contributed by atoms with E-state index in [-0.39, 0.29) is 12.1 Å². The number of nitrogens with two attached hydrogens (primary N) is 1. The molecule has 13 heavy (non-hydrogen) atoms. The zero-order valence-electron chi connectivity index (χ0n) is 7.39. The minimum atomic E-state index is -3.65. The van der Waals surface area contributed by atoms with E-state index in [9.17, 15) is 8.42 Å². The molecule has 78 valence electrons. The van der Waals surface area contributed by atoms with E-state index in [1.165, 1.54) is 7.11 Å². The van der Waals surface area contributed by atoms with Crippen LogP contribution in [0, 0.1) is 0 Å². The standard InChI is InChI=1S/C6H14N2O4S/c1-11-6-4-12-3-2-5(6)8-13(7,9)10/h5-6,8H,2-4H2,1H3,(H2,7,9,10). The van der Waals surface area contributed by atoms with Crippen molar-refractivity contribution in [3.63, 3.8) is 0 Å². The molecule has 0 bridgehead atoms. The summed E-state index contributed by atoms with van der Waals surface area (Å²) in [7, 11) is -2.14. The lowest BCUT2D eigenvalue weighted by atomic mass is 10.1. The van der Waals surface area contributed by atoms with Crippen LogP contribution in [-0.4, -0.2) is 40.9 Å². The quantitative estimate of drug-likeness (QED) is 0.598. The van der Waals surface area contributed by atoms with Crippen LogP contribution in [0.1, 0.15) is 6.42 Å². The van der Waals surface area contributed by atoms with Crippen LogP contribution >= 0.6 is 0 Å². The van der Waals surface area contributed by atoms with Gasteiger partial charge in [-0.3, -0.25) is 0 Å². The number of nitrogens with one attached hydrogen (secondary N) is 1. The van der Waals surface area contributed by atoms with Crippen molar-refractivity contribution in [1.82, 2.24) is 4.72 Å². The van der Waals surface area contributed by atoms with Crippen molar-refractivity contribution in [2.45, 2.75) is 18.6 Å². The Morgan fingerprint density at radius 1 is 1.62 bits per heavy atom. The normalized spacial score (nSPS) is 30.3. The molecule has 2 atom stereocenters. The minimum absolute atomic E-state index is 0.257. The van der Waals surface area contributed by atoms with Crippen molar-refractivity contribution < 1.29 is 17.9 Å². The average Bonchev–Trinajstić information content (AvgIpc) is 2.02. The van der Waals surface area contributed by atoms with Gasteiger partial charge in [0.2, 0.25) is 0 Å². The Morgan fingerprint density at radius 2 is 2.31 bits per heavy atom. The Bertz CT molecular complexity index is 253. The van der Waals surface area contributed by atoms with Gasteiger partial charge in [-0.25, -0.2) is 5.14 Å². The van der Waals surface area contributed by atoms with Gasteiger partial charge < -0.3 is 9.47 Å². The predicted molar refractivity (Wildman–Crippen MR) is 46.3 cm³/mol. The molecule has 0 spiro atoms. The lowest BCUT2D eigenvalue weighted by Gasteiger charge is -2.29. The third kappa shape index (κ3) is 3.57. The molecule has 2 unspecified atom stereocenters. The first-order valence-electron chi connectivity index (χ1n) is 3.93. The third-order valence-corrected chi connectivity index (χ3v) is 2.55. The first kappa shape index (κ1) is 10.9. The summed E-state index contributed by atoms with van der Waals surface area (Å²) >= 11 is 0. The monoisotopic (exact) mass is 210 g/mol. The second-order valence-electron chi connectivity index (χ2n) is 2.91. The van der Waals surface area contributed by atoms with E-state index in [4.69, 9.17) is 14.6 Å². The zero-order valence-corrected chi connectivity index (χ0v) is 8.21. The van der Waals surface area contributed by atoms with Gasteiger partial charge in [-0.05, 0) is 6.42 Å². The van der Waals surface area contributed by atoms with Crippen LogP contribution in [0.5, 0.6) is 0 Å². The Morgan fingerprint density at radius 3 is 2.85 bits per heavy atom. The molecule has 3 N–H and O–H groups in total. The van der Waals surface area contributed by atoms with Gasteiger partial charge in [0.05, 0.1) is 18.8 Å². The van der Waals surface area contributed by atoms with Gasteiger partial charge >= 0.3 is 0 Å². The number of hydrogen-bond donors (Lipinski definition) is 2. The van der Waals surface area contributed by atoms with Crippen molar-refractivity contribution in [2.24, 2.45) is 5.14 Å². The van der Waals surface area contributed by atoms with E-state index in [1.54, 1.807) is 0 Å². The Kier molecular flexibility index (Phi) is 3.63. The fourth-order valence-corrected chi connectivity index (χ4v) is 1.98. The molecule has 1 saturated heterocycles. The maximum Gasteiger partial charge on any atom is 0.274 e. The molecule has 1 heterocycles. The molecular weight excluding hydrogens is 196 g/mol. The molecule has 0 aromatic carbocycles. The Hall–Kier alpha value is -0.210. The summed E-state index contributed by atoms with van der Waals surface area (Å²) < 4.78 is 33.9. The molecule has 0 radical (unpaired) electrons. The second-order valence-corrected chi connectivity index (χ2v) is 4.23. The van der Waals surface area contributed by atoms with Crippen molar-refractivity contribution in [2.75, 3.05) is 20.3 Å². The Balaban J connectivity index is 2.55. The van der Waals surface area contributed by atoms with Gasteiger partial charge in [-0.15, -0.1) is 0 Å². The molecule has 1 fully saturated rings. The highest BCUT2D eigenvalue weighted by molar-refractivity contribution is 7.87. The fourth-order valence-electron chi connectivity index (χ4n) is 1.29. The molecule has 7 heteroatoms. The van der Waals surface area contributed by atoms with Crippen molar-refractivity contribution in [3.8, 4) is 0 Å². The van der Waals surface area contributed by atoms with Gasteiger partial charge in [-0.2, -0.15) is 13.1 Å². The third-order valence-electron chi connectivity index (χ3n) is 1.92. The van der Waals surface area contributed by atoms with E-state index in [2.05, 4.69) is 4.72 Å². The van der Waals surface area contributed by atoms with Gasteiger partial charge in [0.1, 0.15) is 0 Å². The number of ether oxygens (including phenoxy) is 2. The van der Waals surface area contributed by atoms with Gasteiger partial charge in [0.25, 0.3) is 10.2 Å². The molecular formula is C6H14N2O4S. The van der Waals surface area contributed by atoms with Gasteiger partial charge in [0, 0.05) is 13.7 Å². The second kappa shape index (κ2) is 4.34. The minimum Gasteiger partial charge on any atom is -0.379 e. The zero-order chi connectivity index (χ0) is 9.90. The molecule has 0 amide bonds. The van der Waals surface area contributed by atoms with Crippen LogP contribution in [0.15, 0.2) is 0 Å². The largest absolute Gasteiger partial charge is 0.379 e. The van der Waals surface area contributed by atoms with Crippen molar-refractivity contribution >= 4 is 10.2 Å². The summed E-state index contributed by atoms with van der Waals surface area (Å²) in [5.74, 6) is 0. The fraction of sp³-hybridized carbons (Fsp3) is 1.00. The highest BCUT2D eigenvalue weighted by Gasteiger charge is 2.27. The topological polar surface area (TPSA) is 90.7 Å². The van der Waals surface area contributed by atoms with Crippen LogP contribution in [0.2, 0.25) is 0 Å². The first-order chi connectivity index (χ1) is 6.03. The molecule has 1 aliphatic heterocycles. The SMILES string of the molecule is COC1COCCC1NS(N)(=O)=O. The maximum atomic E-state index is 10.7. The van der Waals surface area contributed by atoms with Crippen LogP contribution in [0.4, 0.5) is 0 Å². The van der Waals surface area contributed by atoms with Gasteiger partial charge in [0.15, 0.2) is 0 Å². The lowest BCUT2D eigenvalue weighted by molar-refractivity contribution is -0.0448. The number of methoxy groups -OCH3 is 1. The van der Waals surface area contributed by atoms with Crippen molar-refractivity contribution in [1.29, 1.82) is 0 Å². The first-order valence-corrected chi connectivity index (χ1v) is 5.48. The maximum absolute atomic E-state index is 10.7. The predicted octanol–water partition coefficient (Wildman–Crippen LogP) is -1.42. The summed E-state index contributed by atoms with van der Waals surface area (Å²) in [6.07, 6.45) is 0.321. The lowest BCUT2D eigenvalue weighted by Crippen LogP contribution is -2.51. The molecule has 0 saturated carbocycles. The summed E-state index contributed by atoms with van der Waals surface area (Å²) in [6, 6.07) is -0.284. The van der Waals surface area contributed by atoms with E-state index in [0.29, 0.717) is 19.6 Å². The number of rotatable bonds is 3. The van der Waals surface area contributed by atoms with E-state index < -0.39 is 10.2 Å². The van der Waals surface area contributed by atoms with E-state index >= 15 is 0 Å². The highest BCUT2D eigenvalue weighted by Crippen LogP contribution is 2.10. The van der Waals surface area contributed by atoms with Crippen LogP contribution in [-0.2, 0) is 19.7 Å². The van der Waals surface area contributed by atoms with Crippen LogP contribution < -0.4 is 9.86 Å². The van der Waals surface area contributed by atoms with Crippen molar-refractivity contribution in [3.05, 3.63) is 0 Å². The average molecular weight is 210 g/mol. The molecule has 1 aliphatic rings. The van der Waals surface area contributed by atoms with Crippen LogP contribution in [0.3, 0.4) is 0 Å². The van der Waals surface area contributed by atoms with E-state index in [1.807, 2.05) is 0 Å². The van der Waals surface area contributed by atoms with Gasteiger partial charge in [-0.1, -0.05) is 0 Å². The molecule has 0 aliphatic carbocycles. The van der Waals surface area contributed by atoms with Crippen LogP contribution in [0.25, 0.3) is 0 Å². The summed E-state index contributed by atoms with van der Waals surface area (Å²) in [5.41, 5.74) is 0. The summed E-state index contributed by atoms with van der Waals surface area (Å²) in [6.45, 7) is 0.913. The molecule has 1 rings (SSSR count). The molecule has 0 aromatic rings. The van der Waals surface area contributed by atoms with E-state index in [0.717, 1.165) is 0 Å². The summed E-state index contributed by atoms with van der Waals surface area (Å²) in [5, 5.41) is 4.85. The molecule has 0 aromatic heterocycles. The highest BCUT2D eigenvalue weighted by atomic mass is 32.2. The Labute approximate surface area is 77.6 Å². The summed E-state index contributed by atoms with van der Waals surface area (Å²) in [4.78, 5) is 0. The number of hydrogen-bond acceptors (Lipinski definition) is 4. The molecule has 6 nitrogen and oxygen atoms in total.